The van der Waals surface area contributed by atoms with Crippen LogP contribution in [0.1, 0.15) is 22.4 Å². The van der Waals surface area contributed by atoms with Crippen molar-refractivity contribution in [1.29, 1.82) is 0 Å². The lowest BCUT2D eigenvalue weighted by atomic mass is 10.0. The van der Waals surface area contributed by atoms with Gasteiger partial charge in [0, 0.05) is 16.8 Å². The highest BCUT2D eigenvalue weighted by molar-refractivity contribution is 6.42. The largest absolute Gasteiger partial charge is 0.323 e. The normalized spacial score (nSPS) is 11.2. The van der Waals surface area contributed by atoms with E-state index in [-0.39, 0.29) is 22.4 Å². The van der Waals surface area contributed by atoms with Crippen molar-refractivity contribution in [3.8, 4) is 11.3 Å². The topological polar surface area (TPSA) is 46.4 Å². The number of imidazole rings is 1. The average molecular weight is 473 g/mol. The van der Waals surface area contributed by atoms with Crippen LogP contribution in [-0.4, -0.2) is 15.3 Å². The Kier molecular flexibility index (Phi) is 5.98. The predicted octanol–water partition coefficient (Wildman–Crippen LogP) is 7.07. The third-order valence-electron chi connectivity index (χ3n) is 5.26. The van der Waals surface area contributed by atoms with Crippen LogP contribution >= 0.6 is 34.8 Å². The summed E-state index contributed by atoms with van der Waals surface area (Å²) in [5.41, 5.74) is 7.13. The Balaban J connectivity index is 1.75. The number of anilines is 1. The number of aromatic nitrogens is 2. The van der Waals surface area contributed by atoms with Crippen molar-refractivity contribution in [3.05, 3.63) is 86.1 Å². The van der Waals surface area contributed by atoms with Gasteiger partial charge in [-0.1, -0.05) is 46.9 Å². The van der Waals surface area contributed by atoms with Crippen molar-refractivity contribution in [1.82, 2.24) is 9.38 Å². The van der Waals surface area contributed by atoms with Gasteiger partial charge in [-0.2, -0.15) is 0 Å². The highest BCUT2D eigenvalue weighted by Gasteiger charge is 2.19. The maximum atomic E-state index is 13.0. The molecule has 4 aromatic rings. The summed E-state index contributed by atoms with van der Waals surface area (Å²) < 4.78 is 1.95. The SMILES string of the molecule is Cc1ccn2c(CC(=O)Nc3c(Cl)cc(Cl)cc3Cl)c(-c3ccc(C)c(C)c3)nc2c1. The highest BCUT2D eigenvalue weighted by atomic mass is 35.5. The Morgan fingerprint density at radius 3 is 2.35 bits per heavy atom. The van der Waals surface area contributed by atoms with Gasteiger partial charge in [-0.05, 0) is 67.8 Å². The number of benzene rings is 2. The molecule has 2 aromatic carbocycles. The van der Waals surface area contributed by atoms with Gasteiger partial charge >= 0.3 is 0 Å². The number of pyridine rings is 1. The molecule has 0 aliphatic rings. The lowest BCUT2D eigenvalue weighted by Crippen LogP contribution is -2.16. The number of carbonyl (C=O) groups is 1. The molecule has 31 heavy (non-hydrogen) atoms. The van der Waals surface area contributed by atoms with Gasteiger partial charge in [0.2, 0.25) is 5.91 Å². The molecule has 0 saturated heterocycles. The van der Waals surface area contributed by atoms with E-state index in [9.17, 15) is 4.79 Å². The van der Waals surface area contributed by atoms with Crippen LogP contribution in [0.4, 0.5) is 5.69 Å². The number of amides is 1. The Morgan fingerprint density at radius 2 is 1.68 bits per heavy atom. The summed E-state index contributed by atoms with van der Waals surface area (Å²) in [6.07, 6.45) is 2.04. The first kappa shape index (κ1) is 21.7. The molecule has 2 aromatic heterocycles. The molecule has 0 fully saturated rings. The van der Waals surface area contributed by atoms with E-state index in [1.807, 2.05) is 35.7 Å². The molecule has 1 N–H and O–H groups in total. The van der Waals surface area contributed by atoms with E-state index in [2.05, 4.69) is 31.3 Å². The summed E-state index contributed by atoms with van der Waals surface area (Å²) in [4.78, 5) is 17.8. The number of aryl methyl sites for hydroxylation is 3. The van der Waals surface area contributed by atoms with Crippen LogP contribution in [0, 0.1) is 20.8 Å². The van der Waals surface area contributed by atoms with Gasteiger partial charge in [0.25, 0.3) is 0 Å². The fraction of sp³-hybridized carbons (Fsp3) is 0.167. The fourth-order valence-corrected chi connectivity index (χ4v) is 4.39. The molecule has 0 unspecified atom stereocenters. The van der Waals surface area contributed by atoms with Crippen LogP contribution in [0.25, 0.3) is 16.9 Å². The molecular weight excluding hydrogens is 453 g/mol. The van der Waals surface area contributed by atoms with Gasteiger partial charge in [-0.25, -0.2) is 4.98 Å². The third kappa shape index (κ3) is 4.42. The van der Waals surface area contributed by atoms with E-state index in [0.29, 0.717) is 10.7 Å². The summed E-state index contributed by atoms with van der Waals surface area (Å²) in [7, 11) is 0. The molecule has 2 heterocycles. The van der Waals surface area contributed by atoms with Crippen LogP contribution in [-0.2, 0) is 11.2 Å². The van der Waals surface area contributed by atoms with E-state index < -0.39 is 0 Å². The van der Waals surface area contributed by atoms with Crippen molar-refractivity contribution < 1.29 is 4.79 Å². The van der Waals surface area contributed by atoms with Crippen LogP contribution < -0.4 is 5.32 Å². The van der Waals surface area contributed by atoms with E-state index >= 15 is 0 Å². The molecule has 158 valence electrons. The quantitative estimate of drug-likeness (QED) is 0.345. The van der Waals surface area contributed by atoms with Gasteiger partial charge in [-0.15, -0.1) is 0 Å². The number of nitrogens with one attached hydrogen (secondary N) is 1. The number of rotatable bonds is 4. The first-order valence-electron chi connectivity index (χ1n) is 9.72. The van der Waals surface area contributed by atoms with Gasteiger partial charge in [0.05, 0.1) is 33.5 Å². The molecule has 0 atom stereocenters. The maximum absolute atomic E-state index is 13.0. The Hall–Kier alpha value is -2.53. The summed E-state index contributed by atoms with van der Waals surface area (Å²) >= 11 is 18.4. The predicted molar refractivity (Wildman–Crippen MR) is 129 cm³/mol. The molecule has 0 bridgehead atoms. The fourth-order valence-electron chi connectivity index (χ4n) is 3.48. The molecular formula is C24H20Cl3N3O. The number of hydrogen-bond donors (Lipinski definition) is 1. The first-order valence-corrected chi connectivity index (χ1v) is 10.9. The summed E-state index contributed by atoms with van der Waals surface area (Å²) in [6.45, 7) is 6.15. The van der Waals surface area contributed by atoms with Gasteiger partial charge in [0.1, 0.15) is 5.65 Å². The second-order valence-electron chi connectivity index (χ2n) is 7.61. The van der Waals surface area contributed by atoms with Crippen molar-refractivity contribution in [2.45, 2.75) is 27.2 Å². The third-order valence-corrected chi connectivity index (χ3v) is 6.07. The molecule has 7 heteroatoms. The van der Waals surface area contributed by atoms with E-state index in [1.54, 1.807) is 12.1 Å². The minimum absolute atomic E-state index is 0.0990. The number of fused-ring (bicyclic) bond motifs is 1. The molecule has 0 aliphatic carbocycles. The molecule has 4 nitrogen and oxygen atoms in total. The molecule has 1 amide bonds. The summed E-state index contributed by atoms with van der Waals surface area (Å²) in [5, 5.41) is 3.79. The Morgan fingerprint density at radius 1 is 0.968 bits per heavy atom. The van der Waals surface area contributed by atoms with Crippen LogP contribution in [0.3, 0.4) is 0 Å². The molecule has 0 radical (unpaired) electrons. The number of nitrogens with zero attached hydrogens (tertiary/aromatic N) is 2. The number of carbonyl (C=O) groups excluding carboxylic acids is 1. The molecule has 0 aliphatic heterocycles. The average Bonchev–Trinajstić information content (AvgIpc) is 3.04. The smallest absolute Gasteiger partial charge is 0.230 e. The minimum atomic E-state index is -0.251. The second kappa shape index (κ2) is 8.54. The zero-order chi connectivity index (χ0) is 22.3. The van der Waals surface area contributed by atoms with Crippen molar-refractivity contribution in [2.75, 3.05) is 5.32 Å². The molecule has 0 saturated carbocycles. The monoisotopic (exact) mass is 471 g/mol. The van der Waals surface area contributed by atoms with Gasteiger partial charge < -0.3 is 9.72 Å². The molecule has 4 rings (SSSR count). The number of hydrogen-bond acceptors (Lipinski definition) is 2. The van der Waals surface area contributed by atoms with Crippen molar-refractivity contribution in [2.24, 2.45) is 0 Å². The summed E-state index contributed by atoms with van der Waals surface area (Å²) in [5.74, 6) is -0.251. The van der Waals surface area contributed by atoms with Crippen LogP contribution in [0.2, 0.25) is 15.1 Å². The first-order chi connectivity index (χ1) is 14.7. The molecule has 0 spiro atoms. The zero-order valence-electron chi connectivity index (χ0n) is 17.3. The lowest BCUT2D eigenvalue weighted by Gasteiger charge is -2.11. The van der Waals surface area contributed by atoms with Crippen LogP contribution in [0.5, 0.6) is 0 Å². The van der Waals surface area contributed by atoms with Gasteiger partial charge in [0.15, 0.2) is 0 Å². The minimum Gasteiger partial charge on any atom is -0.323 e. The second-order valence-corrected chi connectivity index (χ2v) is 8.86. The standard InChI is InChI=1S/C24H20Cl3N3O/c1-13-6-7-30-20(12-22(31)29-24-18(26)10-17(25)11-19(24)27)23(28-21(30)8-13)16-5-4-14(2)15(3)9-16/h4-11H,12H2,1-3H3,(H,29,31). The zero-order valence-corrected chi connectivity index (χ0v) is 19.5. The maximum Gasteiger partial charge on any atom is 0.230 e. The summed E-state index contributed by atoms with van der Waals surface area (Å²) in [6, 6.07) is 13.3. The number of halogens is 3. The van der Waals surface area contributed by atoms with E-state index in [1.165, 1.54) is 11.1 Å². The van der Waals surface area contributed by atoms with Crippen molar-refractivity contribution >= 4 is 52.0 Å². The highest BCUT2D eigenvalue weighted by Crippen LogP contribution is 2.34. The van der Waals surface area contributed by atoms with Gasteiger partial charge in [-0.3, -0.25) is 4.79 Å². The Labute approximate surface area is 195 Å². The van der Waals surface area contributed by atoms with E-state index in [4.69, 9.17) is 39.8 Å². The lowest BCUT2D eigenvalue weighted by molar-refractivity contribution is -0.115. The Bertz CT molecular complexity index is 1300. The van der Waals surface area contributed by atoms with Crippen molar-refractivity contribution in [3.63, 3.8) is 0 Å². The van der Waals surface area contributed by atoms with Crippen LogP contribution in [0.15, 0.2) is 48.7 Å². The van der Waals surface area contributed by atoms with E-state index in [0.717, 1.165) is 28.2 Å².